The molecule has 5 heteroatoms. The fourth-order valence-electron chi connectivity index (χ4n) is 3.20. The minimum Gasteiger partial charge on any atom is -0.379 e. The summed E-state index contributed by atoms with van der Waals surface area (Å²) >= 11 is 0. The zero-order chi connectivity index (χ0) is 17.4. The second-order valence-corrected chi connectivity index (χ2v) is 7.65. The van der Waals surface area contributed by atoms with Gasteiger partial charge in [-0.3, -0.25) is 4.90 Å². The van der Waals surface area contributed by atoms with Crippen molar-refractivity contribution in [2.24, 2.45) is 0 Å². The molecular formula is C18H39N3O2. The minimum atomic E-state index is 0.154. The van der Waals surface area contributed by atoms with E-state index in [-0.39, 0.29) is 12.2 Å². The highest BCUT2D eigenvalue weighted by Crippen LogP contribution is 2.16. The van der Waals surface area contributed by atoms with E-state index in [0.717, 1.165) is 19.6 Å². The van der Waals surface area contributed by atoms with Crippen molar-refractivity contribution >= 4 is 0 Å². The smallest absolute Gasteiger partial charge is 0.0938 e. The molecular weight excluding hydrogens is 290 g/mol. The lowest BCUT2D eigenvalue weighted by Gasteiger charge is -2.30. The second-order valence-electron chi connectivity index (χ2n) is 7.65. The molecule has 0 spiro atoms. The molecule has 3 unspecified atom stereocenters. The van der Waals surface area contributed by atoms with Crippen molar-refractivity contribution in [2.45, 2.75) is 57.9 Å². The Kier molecular flexibility index (Phi) is 9.63. The van der Waals surface area contributed by atoms with Gasteiger partial charge in [0.1, 0.15) is 0 Å². The van der Waals surface area contributed by atoms with E-state index in [9.17, 15) is 0 Å². The molecule has 0 bridgehead atoms. The molecule has 1 fully saturated rings. The van der Waals surface area contributed by atoms with E-state index in [1.807, 2.05) is 0 Å². The van der Waals surface area contributed by atoms with Crippen LogP contribution in [0.4, 0.5) is 0 Å². The number of likely N-dealkylation sites (tertiary alicyclic amines) is 1. The van der Waals surface area contributed by atoms with E-state index in [2.05, 4.69) is 63.7 Å². The normalized spacial score (nSPS) is 22.4. The summed E-state index contributed by atoms with van der Waals surface area (Å²) in [5, 5.41) is 0. The summed E-state index contributed by atoms with van der Waals surface area (Å²) in [6, 6.07) is 1.26. The molecule has 1 aliphatic rings. The van der Waals surface area contributed by atoms with Gasteiger partial charge < -0.3 is 19.3 Å². The van der Waals surface area contributed by atoms with E-state index in [0.29, 0.717) is 18.7 Å². The van der Waals surface area contributed by atoms with Gasteiger partial charge in [-0.2, -0.15) is 0 Å². The van der Waals surface area contributed by atoms with Crippen LogP contribution in [-0.2, 0) is 9.47 Å². The quantitative estimate of drug-likeness (QED) is 0.539. The minimum absolute atomic E-state index is 0.154. The zero-order valence-electron chi connectivity index (χ0n) is 16.4. The fraction of sp³-hybridized carbons (Fsp3) is 1.00. The Hall–Kier alpha value is -0.200. The van der Waals surface area contributed by atoms with E-state index in [1.165, 1.54) is 19.5 Å². The van der Waals surface area contributed by atoms with E-state index in [1.54, 1.807) is 0 Å². The monoisotopic (exact) mass is 329 g/mol. The van der Waals surface area contributed by atoms with Crippen LogP contribution in [0.5, 0.6) is 0 Å². The number of likely N-dealkylation sites (N-methyl/N-ethyl adjacent to an activating group) is 3. The number of rotatable bonds is 11. The van der Waals surface area contributed by atoms with Crippen LogP contribution >= 0.6 is 0 Å². The number of hydrogen-bond donors (Lipinski definition) is 0. The lowest BCUT2D eigenvalue weighted by atomic mass is 10.1. The highest BCUT2D eigenvalue weighted by molar-refractivity contribution is 4.82. The SMILES string of the molecule is CC(C)OC(COCCC(C)N(C)C1CCN(C)C1)CN(C)C. The van der Waals surface area contributed by atoms with Gasteiger partial charge in [0.2, 0.25) is 0 Å². The largest absolute Gasteiger partial charge is 0.379 e. The molecule has 5 nitrogen and oxygen atoms in total. The summed E-state index contributed by atoms with van der Waals surface area (Å²) < 4.78 is 11.8. The van der Waals surface area contributed by atoms with Crippen LogP contribution in [-0.4, -0.2) is 100 Å². The molecule has 3 atom stereocenters. The Morgan fingerprint density at radius 1 is 1.17 bits per heavy atom. The van der Waals surface area contributed by atoms with Gasteiger partial charge in [-0.1, -0.05) is 0 Å². The molecule has 0 aliphatic carbocycles. The van der Waals surface area contributed by atoms with Crippen LogP contribution in [0.25, 0.3) is 0 Å². The third kappa shape index (κ3) is 8.45. The third-order valence-corrected chi connectivity index (χ3v) is 4.65. The molecule has 0 N–H and O–H groups in total. The van der Waals surface area contributed by atoms with Gasteiger partial charge in [0.25, 0.3) is 0 Å². The van der Waals surface area contributed by atoms with Crippen LogP contribution in [0.3, 0.4) is 0 Å². The van der Waals surface area contributed by atoms with Gasteiger partial charge in [-0.05, 0) is 68.3 Å². The molecule has 23 heavy (non-hydrogen) atoms. The van der Waals surface area contributed by atoms with Crippen LogP contribution in [0.2, 0.25) is 0 Å². The molecule has 0 radical (unpaired) electrons. The predicted molar refractivity (Wildman–Crippen MR) is 97.1 cm³/mol. The maximum atomic E-state index is 5.93. The summed E-state index contributed by atoms with van der Waals surface area (Å²) in [4.78, 5) is 7.09. The van der Waals surface area contributed by atoms with E-state index >= 15 is 0 Å². The van der Waals surface area contributed by atoms with Crippen molar-refractivity contribution in [3.63, 3.8) is 0 Å². The van der Waals surface area contributed by atoms with Crippen molar-refractivity contribution in [3.05, 3.63) is 0 Å². The first-order valence-electron chi connectivity index (χ1n) is 9.08. The molecule has 1 rings (SSSR count). The highest BCUT2D eigenvalue weighted by Gasteiger charge is 2.25. The van der Waals surface area contributed by atoms with Crippen molar-refractivity contribution < 1.29 is 9.47 Å². The van der Waals surface area contributed by atoms with Crippen molar-refractivity contribution in [1.29, 1.82) is 0 Å². The summed E-state index contributed by atoms with van der Waals surface area (Å²) in [6.07, 6.45) is 2.76. The number of hydrogen-bond acceptors (Lipinski definition) is 5. The third-order valence-electron chi connectivity index (χ3n) is 4.65. The summed E-state index contributed by atoms with van der Waals surface area (Å²) in [7, 11) is 8.62. The number of ether oxygens (including phenoxy) is 2. The van der Waals surface area contributed by atoms with Crippen molar-refractivity contribution in [1.82, 2.24) is 14.7 Å². The predicted octanol–water partition coefficient (Wildman–Crippen LogP) is 1.77. The molecule has 1 heterocycles. The highest BCUT2D eigenvalue weighted by atomic mass is 16.5. The zero-order valence-corrected chi connectivity index (χ0v) is 16.4. The standard InChI is InChI=1S/C18H39N3O2/c1-15(2)23-18(13-19(4)5)14-22-11-9-16(3)21(7)17-8-10-20(6)12-17/h15-18H,8-14H2,1-7H3. The first-order chi connectivity index (χ1) is 10.8. The summed E-state index contributed by atoms with van der Waals surface area (Å²) in [5.74, 6) is 0. The Morgan fingerprint density at radius 2 is 1.87 bits per heavy atom. The maximum Gasteiger partial charge on any atom is 0.0938 e. The topological polar surface area (TPSA) is 28.2 Å². The van der Waals surface area contributed by atoms with Gasteiger partial charge in [0.15, 0.2) is 0 Å². The maximum absolute atomic E-state index is 5.93. The van der Waals surface area contributed by atoms with Gasteiger partial charge in [-0.15, -0.1) is 0 Å². The molecule has 0 aromatic carbocycles. The van der Waals surface area contributed by atoms with Gasteiger partial charge >= 0.3 is 0 Å². The Balaban J connectivity index is 2.23. The molecule has 0 aromatic rings. The molecule has 138 valence electrons. The van der Waals surface area contributed by atoms with Gasteiger partial charge in [-0.25, -0.2) is 0 Å². The Bertz CT molecular complexity index is 303. The first kappa shape index (κ1) is 20.8. The fourth-order valence-corrected chi connectivity index (χ4v) is 3.20. The summed E-state index contributed by atoms with van der Waals surface area (Å²) in [5.41, 5.74) is 0. The van der Waals surface area contributed by atoms with E-state index < -0.39 is 0 Å². The molecule has 0 aromatic heterocycles. The Morgan fingerprint density at radius 3 is 2.39 bits per heavy atom. The van der Waals surface area contributed by atoms with Gasteiger partial charge in [0, 0.05) is 31.8 Å². The lowest BCUT2D eigenvalue weighted by molar-refractivity contribution is -0.0555. The van der Waals surface area contributed by atoms with Crippen LogP contribution in [0, 0.1) is 0 Å². The van der Waals surface area contributed by atoms with E-state index in [4.69, 9.17) is 9.47 Å². The molecule has 1 aliphatic heterocycles. The average Bonchev–Trinajstić information content (AvgIpc) is 2.87. The van der Waals surface area contributed by atoms with Crippen LogP contribution < -0.4 is 0 Å². The van der Waals surface area contributed by atoms with Crippen molar-refractivity contribution in [3.8, 4) is 0 Å². The average molecular weight is 330 g/mol. The van der Waals surface area contributed by atoms with Crippen LogP contribution in [0.1, 0.15) is 33.6 Å². The number of nitrogens with zero attached hydrogens (tertiary/aromatic N) is 3. The molecule has 0 amide bonds. The second kappa shape index (κ2) is 10.6. The Labute approximate surface area is 143 Å². The van der Waals surface area contributed by atoms with Crippen molar-refractivity contribution in [2.75, 3.05) is 61.0 Å². The molecule has 1 saturated heterocycles. The summed E-state index contributed by atoms with van der Waals surface area (Å²) in [6.45, 7) is 11.3. The first-order valence-corrected chi connectivity index (χ1v) is 9.08. The lowest BCUT2D eigenvalue weighted by Crippen LogP contribution is -2.40. The van der Waals surface area contributed by atoms with Crippen LogP contribution in [0.15, 0.2) is 0 Å². The van der Waals surface area contributed by atoms with Gasteiger partial charge in [0.05, 0.1) is 18.8 Å². The molecule has 0 saturated carbocycles.